The number of hydrogen-bond acceptors (Lipinski definition) is 6. The van der Waals surface area contributed by atoms with Crippen LogP contribution in [0.2, 0.25) is 0 Å². The molecule has 0 unspecified atom stereocenters. The Morgan fingerprint density at radius 2 is 1.89 bits per heavy atom. The summed E-state index contributed by atoms with van der Waals surface area (Å²) in [4.78, 5) is 30.1. The van der Waals surface area contributed by atoms with Crippen LogP contribution < -0.4 is 0 Å². The maximum atomic E-state index is 12.9. The molecule has 0 saturated heterocycles. The number of carbonyl (C=O) groups excluding carboxylic acids is 2. The standard InChI is InChI=1S/C22H22N2O4/c1-11-5-6-16(9-12(11)2)20(25)14(4)27-22(26)17-10-18(15-7-8-15)23-21-19(17)13(3)24-28-21/h5-6,9-10,14-15H,7-8H2,1-4H3/t14-/m1/s1. The number of pyridine rings is 1. The molecule has 0 aliphatic heterocycles. The summed E-state index contributed by atoms with van der Waals surface area (Å²) in [5, 5.41) is 4.47. The number of ketones is 1. The molecular weight excluding hydrogens is 356 g/mol. The van der Waals surface area contributed by atoms with E-state index in [4.69, 9.17) is 9.26 Å². The third-order valence-electron chi connectivity index (χ3n) is 5.30. The summed E-state index contributed by atoms with van der Waals surface area (Å²) in [6.07, 6.45) is 1.19. The van der Waals surface area contributed by atoms with Gasteiger partial charge in [-0.05, 0) is 63.8 Å². The van der Waals surface area contributed by atoms with Crippen LogP contribution in [-0.4, -0.2) is 28.0 Å². The number of benzene rings is 1. The predicted molar refractivity (Wildman–Crippen MR) is 104 cm³/mol. The molecule has 6 nitrogen and oxygen atoms in total. The Morgan fingerprint density at radius 3 is 2.57 bits per heavy atom. The van der Waals surface area contributed by atoms with Gasteiger partial charge in [0.1, 0.15) is 0 Å². The highest BCUT2D eigenvalue weighted by Gasteiger charge is 2.30. The fourth-order valence-electron chi connectivity index (χ4n) is 3.27. The second-order valence-electron chi connectivity index (χ2n) is 7.53. The smallest absolute Gasteiger partial charge is 0.339 e. The molecular formula is C22H22N2O4. The molecule has 1 aliphatic carbocycles. The van der Waals surface area contributed by atoms with Crippen LogP contribution in [0.1, 0.15) is 68.9 Å². The molecule has 6 heteroatoms. The van der Waals surface area contributed by atoms with Crippen molar-refractivity contribution in [2.24, 2.45) is 0 Å². The summed E-state index contributed by atoms with van der Waals surface area (Å²) in [6.45, 7) is 7.28. The molecule has 0 bridgehead atoms. The second kappa shape index (κ2) is 6.86. The van der Waals surface area contributed by atoms with Gasteiger partial charge in [-0.25, -0.2) is 9.78 Å². The molecule has 2 heterocycles. The summed E-state index contributed by atoms with van der Waals surface area (Å²) in [7, 11) is 0. The minimum absolute atomic E-state index is 0.230. The van der Waals surface area contributed by atoms with Gasteiger partial charge in [0.2, 0.25) is 5.78 Å². The van der Waals surface area contributed by atoms with Crippen molar-refractivity contribution in [3.63, 3.8) is 0 Å². The van der Waals surface area contributed by atoms with Crippen molar-refractivity contribution >= 4 is 22.9 Å². The summed E-state index contributed by atoms with van der Waals surface area (Å²) in [6, 6.07) is 7.22. The van der Waals surface area contributed by atoms with E-state index >= 15 is 0 Å². The highest BCUT2D eigenvalue weighted by Crippen LogP contribution is 2.40. The van der Waals surface area contributed by atoms with Crippen molar-refractivity contribution in [2.45, 2.75) is 52.6 Å². The van der Waals surface area contributed by atoms with Crippen molar-refractivity contribution in [1.29, 1.82) is 0 Å². The Balaban J connectivity index is 1.61. The lowest BCUT2D eigenvalue weighted by molar-refractivity contribution is 0.0320. The van der Waals surface area contributed by atoms with Crippen molar-refractivity contribution < 1.29 is 18.8 Å². The molecule has 4 rings (SSSR count). The van der Waals surface area contributed by atoms with Crippen LogP contribution in [0.4, 0.5) is 0 Å². The van der Waals surface area contributed by atoms with E-state index in [9.17, 15) is 9.59 Å². The van der Waals surface area contributed by atoms with E-state index in [1.165, 1.54) is 0 Å². The fourth-order valence-corrected chi connectivity index (χ4v) is 3.27. The maximum absolute atomic E-state index is 12.9. The number of esters is 1. The predicted octanol–water partition coefficient (Wildman–Crippen LogP) is 4.45. The quantitative estimate of drug-likeness (QED) is 0.482. The first-order chi connectivity index (χ1) is 13.3. The van der Waals surface area contributed by atoms with Crippen molar-refractivity contribution in [3.8, 4) is 0 Å². The van der Waals surface area contributed by atoms with E-state index in [-0.39, 0.29) is 5.78 Å². The van der Waals surface area contributed by atoms with Crippen LogP contribution in [0, 0.1) is 20.8 Å². The number of aryl methyl sites for hydroxylation is 3. The molecule has 0 amide bonds. The van der Waals surface area contributed by atoms with Gasteiger partial charge in [-0.2, -0.15) is 0 Å². The summed E-state index contributed by atoms with van der Waals surface area (Å²) >= 11 is 0. The zero-order valence-electron chi connectivity index (χ0n) is 16.4. The number of rotatable bonds is 5. The van der Waals surface area contributed by atoms with Gasteiger partial charge in [-0.3, -0.25) is 4.79 Å². The van der Waals surface area contributed by atoms with Crippen LogP contribution in [-0.2, 0) is 4.74 Å². The molecule has 1 saturated carbocycles. The van der Waals surface area contributed by atoms with E-state index in [0.717, 1.165) is 29.7 Å². The van der Waals surface area contributed by atoms with Crippen LogP contribution >= 0.6 is 0 Å². The molecule has 1 fully saturated rings. The molecule has 2 aromatic heterocycles. The third kappa shape index (κ3) is 3.30. The lowest BCUT2D eigenvalue weighted by Gasteiger charge is -2.14. The first-order valence-electron chi connectivity index (χ1n) is 9.44. The summed E-state index contributed by atoms with van der Waals surface area (Å²) in [5.41, 5.74) is 4.73. The van der Waals surface area contributed by atoms with Crippen molar-refractivity contribution in [3.05, 3.63) is 57.9 Å². The Hall–Kier alpha value is -3.02. The highest BCUT2D eigenvalue weighted by molar-refractivity contribution is 6.06. The molecule has 28 heavy (non-hydrogen) atoms. The van der Waals surface area contributed by atoms with Gasteiger partial charge in [0.15, 0.2) is 6.10 Å². The Bertz CT molecular complexity index is 1100. The van der Waals surface area contributed by atoms with Crippen LogP contribution in [0.5, 0.6) is 0 Å². The maximum Gasteiger partial charge on any atom is 0.339 e. The molecule has 1 aliphatic rings. The van der Waals surface area contributed by atoms with Crippen LogP contribution in [0.3, 0.4) is 0 Å². The van der Waals surface area contributed by atoms with Gasteiger partial charge < -0.3 is 9.26 Å². The Labute approximate surface area is 162 Å². The van der Waals surface area contributed by atoms with Gasteiger partial charge in [0.25, 0.3) is 5.71 Å². The van der Waals surface area contributed by atoms with Gasteiger partial charge >= 0.3 is 5.97 Å². The third-order valence-corrected chi connectivity index (χ3v) is 5.30. The zero-order chi connectivity index (χ0) is 20.0. The Kier molecular flexibility index (Phi) is 4.49. The molecule has 1 aromatic carbocycles. The molecule has 0 N–H and O–H groups in total. The SMILES string of the molecule is Cc1ccc(C(=O)[C@@H](C)OC(=O)c2cc(C3CC3)nc3onc(C)c23)cc1C. The van der Waals surface area contributed by atoms with E-state index in [0.29, 0.717) is 33.8 Å². The van der Waals surface area contributed by atoms with Gasteiger partial charge in [-0.15, -0.1) is 0 Å². The minimum Gasteiger partial charge on any atom is -0.451 e. The van der Waals surface area contributed by atoms with Crippen LogP contribution in [0.25, 0.3) is 11.1 Å². The van der Waals surface area contributed by atoms with Crippen molar-refractivity contribution in [2.75, 3.05) is 0 Å². The number of carbonyl (C=O) groups is 2. The average Bonchev–Trinajstić information content (AvgIpc) is 3.46. The first-order valence-corrected chi connectivity index (χ1v) is 9.44. The number of ether oxygens (including phenoxy) is 1. The first kappa shape index (κ1) is 18.3. The molecule has 144 valence electrons. The summed E-state index contributed by atoms with van der Waals surface area (Å²) in [5.74, 6) is -0.451. The number of nitrogens with zero attached hydrogens (tertiary/aromatic N) is 2. The second-order valence-corrected chi connectivity index (χ2v) is 7.53. The van der Waals surface area contributed by atoms with E-state index in [1.807, 2.05) is 26.0 Å². The lowest BCUT2D eigenvalue weighted by atomic mass is 10.0. The van der Waals surface area contributed by atoms with E-state index < -0.39 is 12.1 Å². The minimum atomic E-state index is -0.901. The van der Waals surface area contributed by atoms with Gasteiger partial charge in [-0.1, -0.05) is 17.3 Å². The fraction of sp³-hybridized carbons (Fsp3) is 0.364. The van der Waals surface area contributed by atoms with Gasteiger partial charge in [0, 0.05) is 17.2 Å². The van der Waals surface area contributed by atoms with E-state index in [1.54, 1.807) is 26.0 Å². The molecule has 0 spiro atoms. The highest BCUT2D eigenvalue weighted by atomic mass is 16.5. The van der Waals surface area contributed by atoms with Crippen molar-refractivity contribution in [1.82, 2.24) is 10.1 Å². The molecule has 0 radical (unpaired) electrons. The zero-order valence-corrected chi connectivity index (χ0v) is 16.4. The van der Waals surface area contributed by atoms with Crippen LogP contribution in [0.15, 0.2) is 28.8 Å². The molecule has 1 atom stereocenters. The molecule has 3 aromatic rings. The Morgan fingerprint density at radius 1 is 1.14 bits per heavy atom. The summed E-state index contributed by atoms with van der Waals surface area (Å²) < 4.78 is 10.8. The topological polar surface area (TPSA) is 82.3 Å². The number of Topliss-reactive ketones (excluding diaryl/α,β-unsaturated/α-hetero) is 1. The number of aromatic nitrogens is 2. The lowest BCUT2D eigenvalue weighted by Crippen LogP contribution is -2.25. The van der Waals surface area contributed by atoms with E-state index in [2.05, 4.69) is 10.1 Å². The number of fused-ring (bicyclic) bond motifs is 1. The monoisotopic (exact) mass is 378 g/mol. The average molecular weight is 378 g/mol. The normalized spacial score (nSPS) is 14.9. The van der Waals surface area contributed by atoms with Gasteiger partial charge in [0.05, 0.1) is 16.6 Å². The number of hydrogen-bond donors (Lipinski definition) is 0. The largest absolute Gasteiger partial charge is 0.451 e.